The van der Waals surface area contributed by atoms with Crippen molar-refractivity contribution in [2.45, 2.75) is 39.3 Å². The van der Waals surface area contributed by atoms with Crippen LogP contribution in [0, 0.1) is 6.92 Å². The first-order valence-corrected chi connectivity index (χ1v) is 7.51. The molecule has 0 fully saturated rings. The van der Waals surface area contributed by atoms with Gasteiger partial charge in [0, 0.05) is 18.0 Å². The van der Waals surface area contributed by atoms with Crippen molar-refractivity contribution in [2.24, 2.45) is 0 Å². The Morgan fingerprint density at radius 2 is 2.05 bits per heavy atom. The van der Waals surface area contributed by atoms with Crippen molar-refractivity contribution in [3.63, 3.8) is 0 Å². The Bertz CT molecular complexity index is 636. The molecular formula is C14H16Cl2N4. The Kier molecular flexibility index (Phi) is 3.85. The number of hydrogen-bond acceptors (Lipinski definition) is 3. The molecule has 2 heterocycles. The molecule has 0 saturated carbocycles. The molecule has 0 aliphatic carbocycles. The summed E-state index contributed by atoms with van der Waals surface area (Å²) in [6, 6.07) is 3.72. The second-order valence-corrected chi connectivity index (χ2v) is 5.89. The van der Waals surface area contributed by atoms with E-state index in [-0.39, 0.29) is 0 Å². The molecule has 1 aliphatic rings. The first-order chi connectivity index (χ1) is 9.65. The van der Waals surface area contributed by atoms with E-state index in [1.807, 2.05) is 19.1 Å². The fourth-order valence-electron chi connectivity index (χ4n) is 2.46. The summed E-state index contributed by atoms with van der Waals surface area (Å²) in [5, 5.41) is 13.2. The van der Waals surface area contributed by atoms with Gasteiger partial charge in [-0.1, -0.05) is 23.2 Å². The molecule has 0 atom stereocenters. The van der Waals surface area contributed by atoms with Crippen molar-refractivity contribution in [1.82, 2.24) is 14.8 Å². The average molecular weight is 311 g/mol. The number of hydrogen-bond donors (Lipinski definition) is 1. The Hall–Kier alpha value is -1.26. The molecule has 1 aliphatic heterocycles. The molecule has 0 unspecified atom stereocenters. The lowest BCUT2D eigenvalue weighted by Crippen LogP contribution is -2.15. The molecule has 6 heteroatoms. The van der Waals surface area contributed by atoms with Crippen LogP contribution < -0.4 is 5.32 Å². The van der Waals surface area contributed by atoms with Gasteiger partial charge in [0.2, 0.25) is 0 Å². The molecule has 0 amide bonds. The van der Waals surface area contributed by atoms with Crippen molar-refractivity contribution in [3.8, 4) is 0 Å². The fourth-order valence-corrected chi connectivity index (χ4v) is 2.90. The summed E-state index contributed by atoms with van der Waals surface area (Å²) in [6.07, 6.45) is 3.41. The first kappa shape index (κ1) is 13.7. The largest absolute Gasteiger partial charge is 0.376 e. The van der Waals surface area contributed by atoms with Gasteiger partial charge in [0.1, 0.15) is 5.82 Å². The normalized spacial score (nSPS) is 14.2. The van der Waals surface area contributed by atoms with Gasteiger partial charge in [-0.2, -0.15) is 0 Å². The Labute approximate surface area is 128 Å². The van der Waals surface area contributed by atoms with E-state index in [1.165, 1.54) is 12.8 Å². The minimum Gasteiger partial charge on any atom is -0.376 e. The fraction of sp³-hybridized carbons (Fsp3) is 0.429. The smallest absolute Gasteiger partial charge is 0.152 e. The highest BCUT2D eigenvalue weighted by atomic mass is 35.5. The van der Waals surface area contributed by atoms with Crippen LogP contribution in [0.5, 0.6) is 0 Å². The Balaban J connectivity index is 1.77. The van der Waals surface area contributed by atoms with Crippen LogP contribution >= 0.6 is 23.2 Å². The van der Waals surface area contributed by atoms with E-state index in [2.05, 4.69) is 20.1 Å². The number of anilines is 1. The summed E-state index contributed by atoms with van der Waals surface area (Å²) in [6.45, 7) is 3.54. The Morgan fingerprint density at radius 1 is 1.20 bits per heavy atom. The molecule has 3 rings (SSSR count). The van der Waals surface area contributed by atoms with Crippen molar-refractivity contribution in [2.75, 3.05) is 5.32 Å². The van der Waals surface area contributed by atoms with Gasteiger partial charge >= 0.3 is 0 Å². The molecule has 1 N–H and O–H groups in total. The molecule has 106 valence electrons. The minimum absolute atomic E-state index is 0.603. The summed E-state index contributed by atoms with van der Waals surface area (Å²) in [5.41, 5.74) is 1.80. The highest BCUT2D eigenvalue weighted by Crippen LogP contribution is 2.29. The first-order valence-electron chi connectivity index (χ1n) is 6.75. The molecule has 0 radical (unpaired) electrons. The third-order valence-corrected chi connectivity index (χ3v) is 4.34. The Morgan fingerprint density at radius 3 is 2.90 bits per heavy atom. The molecule has 1 aromatic heterocycles. The van der Waals surface area contributed by atoms with Crippen LogP contribution in [0.2, 0.25) is 10.0 Å². The number of rotatable bonds is 3. The number of aryl methyl sites for hydroxylation is 2. The van der Waals surface area contributed by atoms with Crippen molar-refractivity contribution in [1.29, 1.82) is 0 Å². The van der Waals surface area contributed by atoms with Crippen LogP contribution in [0.3, 0.4) is 0 Å². The van der Waals surface area contributed by atoms with Crippen LogP contribution in [0.15, 0.2) is 12.1 Å². The number of fused-ring (bicyclic) bond motifs is 1. The van der Waals surface area contributed by atoms with E-state index in [1.54, 1.807) is 0 Å². The molecule has 2 aromatic rings. The number of nitrogens with one attached hydrogen (secondary N) is 1. The predicted octanol–water partition coefficient (Wildman–Crippen LogP) is 3.84. The SMILES string of the molecule is Cc1cc(Cl)c(NCc2nnc3n2CCCC3)cc1Cl. The van der Waals surface area contributed by atoms with Crippen LogP contribution in [0.25, 0.3) is 0 Å². The van der Waals surface area contributed by atoms with E-state index >= 15 is 0 Å². The lowest BCUT2D eigenvalue weighted by Gasteiger charge is -2.15. The maximum atomic E-state index is 6.22. The lowest BCUT2D eigenvalue weighted by molar-refractivity contribution is 0.510. The molecular weight excluding hydrogens is 295 g/mol. The van der Waals surface area contributed by atoms with Crippen molar-refractivity contribution >= 4 is 28.9 Å². The second kappa shape index (κ2) is 5.62. The summed E-state index contributed by atoms with van der Waals surface area (Å²) < 4.78 is 2.19. The molecule has 0 spiro atoms. The maximum absolute atomic E-state index is 6.22. The number of halogens is 2. The summed E-state index contributed by atoms with van der Waals surface area (Å²) in [4.78, 5) is 0. The van der Waals surface area contributed by atoms with Crippen LogP contribution in [-0.2, 0) is 19.5 Å². The second-order valence-electron chi connectivity index (χ2n) is 5.08. The van der Waals surface area contributed by atoms with Gasteiger partial charge in [-0.05, 0) is 37.5 Å². The number of benzene rings is 1. The standard InChI is InChI=1S/C14H16Cl2N4/c1-9-6-11(16)12(7-10(9)15)17-8-14-19-18-13-4-2-3-5-20(13)14/h6-7,17H,2-5,8H2,1H3. The van der Waals surface area contributed by atoms with Crippen molar-refractivity contribution < 1.29 is 0 Å². The van der Waals surface area contributed by atoms with E-state index in [0.29, 0.717) is 16.6 Å². The van der Waals surface area contributed by atoms with Gasteiger partial charge in [0.25, 0.3) is 0 Å². The van der Waals surface area contributed by atoms with Crippen LogP contribution in [-0.4, -0.2) is 14.8 Å². The number of aromatic nitrogens is 3. The third kappa shape index (κ3) is 2.63. The monoisotopic (exact) mass is 310 g/mol. The van der Waals surface area contributed by atoms with E-state index < -0.39 is 0 Å². The van der Waals surface area contributed by atoms with Gasteiger partial charge in [-0.15, -0.1) is 10.2 Å². The third-order valence-electron chi connectivity index (χ3n) is 3.62. The van der Waals surface area contributed by atoms with E-state index in [0.717, 1.165) is 35.9 Å². The van der Waals surface area contributed by atoms with Gasteiger partial charge in [0.05, 0.1) is 17.3 Å². The minimum atomic E-state index is 0.603. The van der Waals surface area contributed by atoms with Crippen LogP contribution in [0.1, 0.15) is 30.1 Å². The molecule has 0 bridgehead atoms. The quantitative estimate of drug-likeness (QED) is 0.936. The summed E-state index contributed by atoms with van der Waals surface area (Å²) >= 11 is 12.4. The van der Waals surface area contributed by atoms with Gasteiger partial charge in [-0.3, -0.25) is 0 Å². The molecule has 0 saturated heterocycles. The molecule has 1 aromatic carbocycles. The highest BCUT2D eigenvalue weighted by molar-refractivity contribution is 6.35. The zero-order chi connectivity index (χ0) is 14.1. The average Bonchev–Trinajstić information content (AvgIpc) is 2.85. The van der Waals surface area contributed by atoms with Crippen molar-refractivity contribution in [3.05, 3.63) is 39.4 Å². The zero-order valence-electron chi connectivity index (χ0n) is 11.3. The van der Waals surface area contributed by atoms with Crippen LogP contribution in [0.4, 0.5) is 5.69 Å². The maximum Gasteiger partial charge on any atom is 0.152 e. The van der Waals surface area contributed by atoms with E-state index in [9.17, 15) is 0 Å². The molecule has 20 heavy (non-hydrogen) atoms. The predicted molar refractivity (Wildman–Crippen MR) is 81.5 cm³/mol. The number of nitrogens with zero attached hydrogens (tertiary/aromatic N) is 3. The highest BCUT2D eigenvalue weighted by Gasteiger charge is 2.15. The topological polar surface area (TPSA) is 42.7 Å². The van der Waals surface area contributed by atoms with Gasteiger partial charge in [0.15, 0.2) is 5.82 Å². The van der Waals surface area contributed by atoms with Gasteiger partial charge < -0.3 is 9.88 Å². The van der Waals surface area contributed by atoms with E-state index in [4.69, 9.17) is 23.2 Å². The lowest BCUT2D eigenvalue weighted by atomic mass is 10.1. The zero-order valence-corrected chi connectivity index (χ0v) is 12.8. The molecule has 4 nitrogen and oxygen atoms in total. The van der Waals surface area contributed by atoms with Gasteiger partial charge in [-0.25, -0.2) is 0 Å². The summed E-state index contributed by atoms with van der Waals surface area (Å²) in [7, 11) is 0. The summed E-state index contributed by atoms with van der Waals surface area (Å²) in [5.74, 6) is 2.04.